The van der Waals surface area contributed by atoms with Crippen molar-refractivity contribution in [1.82, 2.24) is 4.57 Å². The van der Waals surface area contributed by atoms with Crippen LogP contribution in [0, 0.1) is 10.1 Å². The number of aromatic nitrogens is 1. The van der Waals surface area contributed by atoms with Crippen LogP contribution in [0.25, 0.3) is 11.8 Å². The highest BCUT2D eigenvalue weighted by molar-refractivity contribution is 9.10. The molecule has 5 aromatic rings. The third-order valence-electron chi connectivity index (χ3n) is 7.89. The number of rotatable bonds is 11. The highest BCUT2D eigenvalue weighted by Gasteiger charge is 2.35. The summed E-state index contributed by atoms with van der Waals surface area (Å²) in [4.78, 5) is 43.8. The molecule has 0 amide bonds. The van der Waals surface area contributed by atoms with Crippen LogP contribution >= 0.6 is 27.3 Å². The number of thiazole rings is 1. The number of non-ortho nitro benzene ring substituents is 1. The van der Waals surface area contributed by atoms with Gasteiger partial charge < -0.3 is 18.9 Å². The zero-order chi connectivity index (χ0) is 35.4. The Morgan fingerprint density at radius 3 is 2.38 bits per heavy atom. The first-order chi connectivity index (χ1) is 24.2. The van der Waals surface area contributed by atoms with E-state index in [0.29, 0.717) is 53.4 Å². The van der Waals surface area contributed by atoms with Gasteiger partial charge in [0.05, 0.1) is 52.1 Å². The summed E-state index contributed by atoms with van der Waals surface area (Å²) in [6.45, 7) is 2.02. The normalized spacial score (nSPS) is 14.1. The van der Waals surface area contributed by atoms with Crippen LogP contribution < -0.4 is 29.1 Å². The number of hydrogen-bond donors (Lipinski definition) is 0. The van der Waals surface area contributed by atoms with Crippen molar-refractivity contribution in [2.45, 2.75) is 19.6 Å². The molecule has 1 atom stereocenters. The number of ether oxygens (including phenoxy) is 4. The van der Waals surface area contributed by atoms with Crippen molar-refractivity contribution < 1.29 is 28.7 Å². The number of nitro groups is 1. The SMILES string of the molecule is CCOC(=O)C1=C(c2ccccc2)N=c2s/c(=C\c3cc(Br)c(OCc4ccc([N+](=O)[O-])cc4)c(OC)c3)c(=O)n2[C@@H]1c1ccc(OC)cc1. The Kier molecular flexibility index (Phi) is 10.3. The van der Waals surface area contributed by atoms with E-state index in [-0.39, 0.29) is 30.0 Å². The fraction of sp³-hybridized carbons (Fsp3) is 0.162. The summed E-state index contributed by atoms with van der Waals surface area (Å²) in [6.07, 6.45) is 1.73. The van der Waals surface area contributed by atoms with E-state index in [4.69, 9.17) is 23.9 Å². The van der Waals surface area contributed by atoms with Crippen molar-refractivity contribution in [3.8, 4) is 17.2 Å². The maximum Gasteiger partial charge on any atom is 0.338 e. The maximum absolute atomic E-state index is 14.3. The molecule has 50 heavy (non-hydrogen) atoms. The zero-order valence-electron chi connectivity index (χ0n) is 27.1. The smallest absolute Gasteiger partial charge is 0.338 e. The predicted molar refractivity (Wildman–Crippen MR) is 192 cm³/mol. The Hall–Kier alpha value is -5.53. The molecule has 2 heterocycles. The lowest BCUT2D eigenvalue weighted by Gasteiger charge is -2.26. The van der Waals surface area contributed by atoms with Gasteiger partial charge in [-0.3, -0.25) is 19.5 Å². The van der Waals surface area contributed by atoms with Crippen molar-refractivity contribution in [3.63, 3.8) is 0 Å². The van der Waals surface area contributed by atoms with Crippen LogP contribution in [0.5, 0.6) is 17.2 Å². The Morgan fingerprint density at radius 1 is 1.02 bits per heavy atom. The number of nitrogens with zero attached hydrogens (tertiary/aromatic N) is 3. The van der Waals surface area contributed by atoms with Crippen molar-refractivity contribution in [3.05, 3.63) is 153 Å². The average Bonchev–Trinajstić information content (AvgIpc) is 3.44. The van der Waals surface area contributed by atoms with Gasteiger partial charge in [0, 0.05) is 17.7 Å². The first-order valence-electron chi connectivity index (χ1n) is 15.4. The maximum atomic E-state index is 14.3. The lowest BCUT2D eigenvalue weighted by molar-refractivity contribution is -0.384. The van der Waals surface area contributed by atoms with Crippen molar-refractivity contribution in [2.24, 2.45) is 4.99 Å². The van der Waals surface area contributed by atoms with E-state index in [2.05, 4.69) is 15.9 Å². The van der Waals surface area contributed by atoms with Crippen LogP contribution in [0.3, 0.4) is 0 Å². The topological polar surface area (TPSA) is 131 Å². The highest BCUT2D eigenvalue weighted by Crippen LogP contribution is 2.38. The highest BCUT2D eigenvalue weighted by atomic mass is 79.9. The van der Waals surface area contributed by atoms with Crippen LogP contribution in [-0.4, -0.2) is 36.3 Å². The number of hydrogen-bond acceptors (Lipinski definition) is 10. The molecular formula is C37H30BrN3O8S. The Bertz CT molecular complexity index is 2280. The minimum Gasteiger partial charge on any atom is -0.497 e. The molecule has 0 N–H and O–H groups in total. The summed E-state index contributed by atoms with van der Waals surface area (Å²) in [6, 6.07) is 25.4. The Labute approximate surface area is 298 Å². The van der Waals surface area contributed by atoms with Gasteiger partial charge in [0.2, 0.25) is 0 Å². The fourth-order valence-corrected chi connectivity index (χ4v) is 7.10. The third-order valence-corrected chi connectivity index (χ3v) is 9.46. The van der Waals surface area contributed by atoms with Crippen LogP contribution in [0.2, 0.25) is 0 Å². The molecule has 0 unspecified atom stereocenters. The Morgan fingerprint density at radius 2 is 1.74 bits per heavy atom. The van der Waals surface area contributed by atoms with Gasteiger partial charge in [0.1, 0.15) is 12.4 Å². The third kappa shape index (κ3) is 6.96. The van der Waals surface area contributed by atoms with Gasteiger partial charge in [-0.05, 0) is 82.0 Å². The van der Waals surface area contributed by atoms with E-state index in [0.717, 1.165) is 5.56 Å². The molecule has 0 saturated heterocycles. The summed E-state index contributed by atoms with van der Waals surface area (Å²) >= 11 is 4.78. The number of esters is 1. The first kappa shape index (κ1) is 34.3. The molecule has 0 aliphatic carbocycles. The van der Waals surface area contributed by atoms with Gasteiger partial charge in [0.15, 0.2) is 16.3 Å². The molecule has 0 fully saturated rings. The number of carbonyl (C=O) groups is 1. The van der Waals surface area contributed by atoms with E-state index in [1.165, 1.54) is 35.1 Å². The molecule has 0 spiro atoms. The number of benzene rings is 4. The van der Waals surface area contributed by atoms with E-state index in [1.54, 1.807) is 56.5 Å². The molecule has 1 aliphatic heterocycles. The molecule has 0 bridgehead atoms. The lowest BCUT2D eigenvalue weighted by atomic mass is 9.93. The second-order valence-electron chi connectivity index (χ2n) is 11.0. The fourth-order valence-electron chi connectivity index (χ4n) is 5.53. The van der Waals surface area contributed by atoms with Gasteiger partial charge in [-0.15, -0.1) is 0 Å². The molecule has 0 saturated carbocycles. The molecule has 11 nitrogen and oxygen atoms in total. The van der Waals surface area contributed by atoms with E-state index < -0.39 is 16.9 Å². The van der Waals surface area contributed by atoms with Crippen LogP contribution in [0.4, 0.5) is 5.69 Å². The second kappa shape index (κ2) is 14.9. The van der Waals surface area contributed by atoms with Gasteiger partial charge in [-0.2, -0.15) is 0 Å². The molecule has 1 aromatic heterocycles. The monoisotopic (exact) mass is 755 g/mol. The average molecular weight is 757 g/mol. The summed E-state index contributed by atoms with van der Waals surface area (Å²) in [5.41, 5.74) is 3.11. The Balaban J connectivity index is 1.45. The van der Waals surface area contributed by atoms with Crippen molar-refractivity contribution in [1.29, 1.82) is 0 Å². The largest absolute Gasteiger partial charge is 0.497 e. The van der Waals surface area contributed by atoms with E-state index in [9.17, 15) is 19.7 Å². The summed E-state index contributed by atoms with van der Waals surface area (Å²) < 4.78 is 25.1. The number of nitro benzene ring substituents is 1. The number of halogens is 1. The predicted octanol–water partition coefficient (Wildman–Crippen LogP) is 6.20. The molecule has 0 radical (unpaired) electrons. The zero-order valence-corrected chi connectivity index (χ0v) is 29.5. The minimum atomic E-state index is -0.829. The number of methoxy groups -OCH3 is 2. The van der Waals surface area contributed by atoms with E-state index in [1.807, 2.05) is 42.5 Å². The number of fused-ring (bicyclic) bond motifs is 1. The van der Waals surface area contributed by atoms with Crippen LogP contribution in [-0.2, 0) is 16.1 Å². The molecule has 13 heteroatoms. The van der Waals surface area contributed by atoms with Gasteiger partial charge in [-0.25, -0.2) is 9.79 Å². The molecule has 1 aliphatic rings. The van der Waals surface area contributed by atoms with Crippen LogP contribution in [0.1, 0.15) is 35.2 Å². The number of carbonyl (C=O) groups excluding carboxylic acids is 1. The minimum absolute atomic E-state index is 0.00845. The van der Waals surface area contributed by atoms with Crippen molar-refractivity contribution >= 4 is 50.7 Å². The summed E-state index contributed by atoms with van der Waals surface area (Å²) in [7, 11) is 3.08. The summed E-state index contributed by atoms with van der Waals surface area (Å²) in [5, 5.41) is 11.0. The van der Waals surface area contributed by atoms with Gasteiger partial charge >= 0.3 is 5.97 Å². The van der Waals surface area contributed by atoms with Crippen molar-refractivity contribution in [2.75, 3.05) is 20.8 Å². The molecule has 4 aromatic carbocycles. The second-order valence-corrected chi connectivity index (χ2v) is 12.8. The standard InChI is InChI=1S/C37H30BrN3O8S/c1-4-48-36(43)31-32(24-8-6-5-7-9-24)39-37-40(33(31)25-12-16-27(46-2)17-13-25)35(42)30(50-37)20-23-18-28(38)34(29(19-23)47-3)49-21-22-10-14-26(15-11-22)41(44)45/h5-20,33H,4,21H2,1-3H3/b30-20-/t33-/m1/s1. The lowest BCUT2D eigenvalue weighted by Crippen LogP contribution is -2.40. The van der Waals surface area contributed by atoms with Gasteiger partial charge in [-0.1, -0.05) is 53.8 Å². The van der Waals surface area contributed by atoms with E-state index >= 15 is 0 Å². The first-order valence-corrected chi connectivity index (χ1v) is 17.0. The molecule has 6 rings (SSSR count). The quantitative estimate of drug-likeness (QED) is 0.0885. The molecule has 254 valence electrons. The van der Waals surface area contributed by atoms with Crippen LogP contribution in [0.15, 0.2) is 111 Å². The molecular weight excluding hydrogens is 726 g/mol. The van der Waals surface area contributed by atoms with Gasteiger partial charge in [0.25, 0.3) is 11.2 Å². The summed E-state index contributed by atoms with van der Waals surface area (Å²) in [5.74, 6) is 0.900.